The van der Waals surface area contributed by atoms with Gasteiger partial charge in [0.1, 0.15) is 11.5 Å². The molecule has 0 atom stereocenters. The molecule has 0 saturated carbocycles. The zero-order valence-electron chi connectivity index (χ0n) is 21.8. The summed E-state index contributed by atoms with van der Waals surface area (Å²) < 4.78 is 0. The molecule has 198 valence electrons. The van der Waals surface area contributed by atoms with Crippen LogP contribution in [0.3, 0.4) is 0 Å². The minimum Gasteiger partial charge on any atom is -0.508 e. The standard InChI is InChI=1S/C24H18O4.2C3H7NO/c25-21-11-7-19(8-12-21)23(27)15-5-17-1-2-18(4-3-17)6-16-24(28)20-9-13-22(26)14-10-20;2*1-4(2)3-5/h1-16,25-26H;2*3H,1-2H3/b15-5+,16-6+;;. The van der Waals surface area contributed by atoms with E-state index in [2.05, 4.69) is 0 Å². The maximum Gasteiger partial charge on any atom is 0.209 e. The maximum absolute atomic E-state index is 12.1. The first-order valence-electron chi connectivity index (χ1n) is 11.4. The van der Waals surface area contributed by atoms with Crippen LogP contribution in [-0.2, 0) is 9.59 Å². The van der Waals surface area contributed by atoms with Crippen LogP contribution in [0.25, 0.3) is 12.2 Å². The number of carbonyl (C=O) groups excluding carboxylic acids is 4. The third kappa shape index (κ3) is 12.6. The zero-order chi connectivity index (χ0) is 28.5. The van der Waals surface area contributed by atoms with Gasteiger partial charge in [-0.05, 0) is 71.8 Å². The number of ketones is 2. The lowest BCUT2D eigenvalue weighted by molar-refractivity contribution is -0.116. The molecule has 2 N–H and O–H groups in total. The van der Waals surface area contributed by atoms with E-state index in [0.29, 0.717) is 11.1 Å². The molecule has 0 heterocycles. The van der Waals surface area contributed by atoms with Crippen molar-refractivity contribution in [1.82, 2.24) is 9.80 Å². The second-order valence-corrected chi connectivity index (χ2v) is 8.29. The van der Waals surface area contributed by atoms with Crippen molar-refractivity contribution in [1.29, 1.82) is 0 Å². The summed E-state index contributed by atoms with van der Waals surface area (Å²) in [5.41, 5.74) is 2.71. The highest BCUT2D eigenvalue weighted by Crippen LogP contribution is 2.14. The van der Waals surface area contributed by atoms with E-state index in [1.807, 2.05) is 24.3 Å². The SMILES string of the molecule is CN(C)C=O.CN(C)C=O.O=C(/C=C/c1ccc(/C=C/C(=O)c2ccc(O)cc2)cc1)c1ccc(O)cc1. The Morgan fingerprint density at radius 1 is 0.553 bits per heavy atom. The number of nitrogens with zero attached hydrogens (tertiary/aromatic N) is 2. The van der Waals surface area contributed by atoms with Gasteiger partial charge in [-0.25, -0.2) is 0 Å². The Morgan fingerprint density at radius 3 is 1.05 bits per heavy atom. The molecule has 0 aromatic heterocycles. The maximum atomic E-state index is 12.1. The molecule has 0 aliphatic heterocycles. The van der Waals surface area contributed by atoms with Crippen LogP contribution in [0.2, 0.25) is 0 Å². The fourth-order valence-corrected chi connectivity index (χ4v) is 2.51. The number of hydrogen-bond donors (Lipinski definition) is 2. The van der Waals surface area contributed by atoms with Gasteiger partial charge in [0.25, 0.3) is 0 Å². The molecule has 0 aliphatic carbocycles. The highest BCUT2D eigenvalue weighted by atomic mass is 16.3. The summed E-state index contributed by atoms with van der Waals surface area (Å²) in [5.74, 6) is -0.0620. The van der Waals surface area contributed by atoms with Gasteiger partial charge in [-0.15, -0.1) is 0 Å². The summed E-state index contributed by atoms with van der Waals surface area (Å²) in [6.07, 6.45) is 7.88. The molecule has 0 spiro atoms. The van der Waals surface area contributed by atoms with Crippen molar-refractivity contribution < 1.29 is 29.4 Å². The number of phenols is 2. The second kappa shape index (κ2) is 16.6. The number of rotatable bonds is 8. The first kappa shape index (κ1) is 31.1. The van der Waals surface area contributed by atoms with Crippen molar-refractivity contribution in [3.8, 4) is 11.5 Å². The summed E-state index contributed by atoms with van der Waals surface area (Å²) in [5, 5.41) is 18.5. The fraction of sp³-hybridized carbons (Fsp3) is 0.133. The highest BCUT2D eigenvalue weighted by Gasteiger charge is 2.02. The van der Waals surface area contributed by atoms with Crippen molar-refractivity contribution in [3.05, 3.63) is 107 Å². The van der Waals surface area contributed by atoms with Crippen LogP contribution in [0.1, 0.15) is 31.8 Å². The number of benzene rings is 3. The van der Waals surface area contributed by atoms with Crippen LogP contribution in [0.5, 0.6) is 11.5 Å². The Hall–Kier alpha value is -4.98. The molecule has 3 aromatic rings. The molecule has 0 aliphatic rings. The minimum atomic E-state index is -0.150. The van der Waals surface area contributed by atoms with Crippen LogP contribution in [0.4, 0.5) is 0 Å². The summed E-state index contributed by atoms with van der Waals surface area (Å²) in [6, 6.07) is 19.6. The van der Waals surface area contributed by atoms with Gasteiger partial charge in [0.15, 0.2) is 11.6 Å². The third-order valence-corrected chi connectivity index (χ3v) is 4.52. The number of hydrogen-bond acceptors (Lipinski definition) is 6. The molecule has 3 rings (SSSR count). The minimum absolute atomic E-state index is 0.119. The number of amides is 2. The van der Waals surface area contributed by atoms with Crippen LogP contribution in [0, 0.1) is 0 Å². The summed E-state index contributed by atoms with van der Waals surface area (Å²) in [4.78, 5) is 45.9. The van der Waals surface area contributed by atoms with E-state index >= 15 is 0 Å². The Balaban J connectivity index is 0.000000616. The normalized spacial score (nSPS) is 10.0. The van der Waals surface area contributed by atoms with Gasteiger partial charge in [0.05, 0.1) is 0 Å². The molecule has 0 unspecified atom stereocenters. The second-order valence-electron chi connectivity index (χ2n) is 8.29. The lowest BCUT2D eigenvalue weighted by atomic mass is 10.1. The van der Waals surface area contributed by atoms with Crippen molar-refractivity contribution in [2.24, 2.45) is 0 Å². The topological polar surface area (TPSA) is 115 Å². The molecule has 3 aromatic carbocycles. The number of carbonyl (C=O) groups is 4. The first-order chi connectivity index (χ1) is 18.0. The number of allylic oxidation sites excluding steroid dienone is 2. The van der Waals surface area contributed by atoms with Crippen molar-refractivity contribution in [2.45, 2.75) is 0 Å². The van der Waals surface area contributed by atoms with E-state index in [1.54, 1.807) is 64.6 Å². The van der Waals surface area contributed by atoms with Gasteiger partial charge in [-0.2, -0.15) is 0 Å². The molecule has 8 heteroatoms. The molecule has 2 amide bonds. The van der Waals surface area contributed by atoms with Crippen LogP contribution in [-0.4, -0.2) is 72.6 Å². The quantitative estimate of drug-likeness (QED) is 0.262. The van der Waals surface area contributed by atoms with Crippen molar-refractivity contribution >= 4 is 36.5 Å². The first-order valence-corrected chi connectivity index (χ1v) is 11.4. The van der Waals surface area contributed by atoms with E-state index in [4.69, 9.17) is 0 Å². The van der Waals surface area contributed by atoms with E-state index in [-0.39, 0.29) is 23.1 Å². The summed E-state index contributed by atoms with van der Waals surface area (Å²) in [7, 11) is 6.75. The fourth-order valence-electron chi connectivity index (χ4n) is 2.51. The largest absolute Gasteiger partial charge is 0.508 e. The van der Waals surface area contributed by atoms with E-state index in [0.717, 1.165) is 23.9 Å². The van der Waals surface area contributed by atoms with Crippen molar-refractivity contribution in [3.63, 3.8) is 0 Å². The number of phenolic OH excluding ortho intramolecular Hbond substituents is 2. The van der Waals surface area contributed by atoms with E-state index in [1.165, 1.54) is 46.2 Å². The zero-order valence-corrected chi connectivity index (χ0v) is 21.8. The molecule has 38 heavy (non-hydrogen) atoms. The average Bonchev–Trinajstić information content (AvgIpc) is 2.92. The molecular weight excluding hydrogens is 484 g/mol. The smallest absolute Gasteiger partial charge is 0.209 e. The predicted molar refractivity (Wildman–Crippen MR) is 149 cm³/mol. The van der Waals surface area contributed by atoms with Gasteiger partial charge in [0.2, 0.25) is 12.8 Å². The molecule has 8 nitrogen and oxygen atoms in total. The lowest BCUT2D eigenvalue weighted by Crippen LogP contribution is -2.06. The van der Waals surface area contributed by atoms with Gasteiger partial charge in [-0.1, -0.05) is 36.4 Å². The van der Waals surface area contributed by atoms with Gasteiger partial charge >= 0.3 is 0 Å². The summed E-state index contributed by atoms with van der Waals surface area (Å²) >= 11 is 0. The average molecular weight is 517 g/mol. The third-order valence-electron chi connectivity index (χ3n) is 4.52. The van der Waals surface area contributed by atoms with Crippen LogP contribution in [0.15, 0.2) is 84.9 Å². The van der Waals surface area contributed by atoms with E-state index < -0.39 is 0 Å². The van der Waals surface area contributed by atoms with Gasteiger partial charge < -0.3 is 20.0 Å². The van der Waals surface area contributed by atoms with E-state index in [9.17, 15) is 29.4 Å². The molecule has 0 radical (unpaired) electrons. The molecular formula is C30H32N2O6. The van der Waals surface area contributed by atoms with Crippen LogP contribution >= 0.6 is 0 Å². The predicted octanol–water partition coefficient (Wildman–Crippen LogP) is 4.30. The Morgan fingerprint density at radius 2 is 0.816 bits per heavy atom. The summed E-state index contributed by atoms with van der Waals surface area (Å²) in [6.45, 7) is 0. The lowest BCUT2D eigenvalue weighted by Gasteiger charge is -1.98. The highest BCUT2D eigenvalue weighted by molar-refractivity contribution is 6.07. The monoisotopic (exact) mass is 516 g/mol. The Labute approximate surface area is 222 Å². The van der Waals surface area contributed by atoms with Crippen molar-refractivity contribution in [2.75, 3.05) is 28.2 Å². The molecule has 0 fully saturated rings. The Bertz CT molecular complexity index is 1130. The van der Waals surface area contributed by atoms with Gasteiger partial charge in [-0.3, -0.25) is 19.2 Å². The number of aromatic hydroxyl groups is 2. The molecule has 0 bridgehead atoms. The molecule has 0 saturated heterocycles. The Kier molecular flexibility index (Phi) is 13.6. The van der Waals surface area contributed by atoms with Crippen LogP contribution < -0.4 is 0 Å². The van der Waals surface area contributed by atoms with Gasteiger partial charge in [0, 0.05) is 39.3 Å².